The van der Waals surface area contributed by atoms with Gasteiger partial charge in [-0.25, -0.2) is 0 Å². The summed E-state index contributed by atoms with van der Waals surface area (Å²) < 4.78 is 0. The van der Waals surface area contributed by atoms with Gasteiger partial charge in [0.1, 0.15) is 0 Å². The molecule has 1 aliphatic rings. The summed E-state index contributed by atoms with van der Waals surface area (Å²) >= 11 is 0. The highest BCUT2D eigenvalue weighted by atomic mass is 16.1. The van der Waals surface area contributed by atoms with Gasteiger partial charge in [-0.2, -0.15) is 0 Å². The monoisotopic (exact) mass is 259 g/mol. The Labute approximate surface area is 116 Å². The number of benzene rings is 1. The lowest BCUT2D eigenvalue weighted by Crippen LogP contribution is -2.37. The first-order valence-electron chi connectivity index (χ1n) is 7.33. The summed E-state index contributed by atoms with van der Waals surface area (Å²) in [6.45, 7) is 10.2. The fourth-order valence-corrected chi connectivity index (χ4v) is 3.13. The van der Waals surface area contributed by atoms with E-state index >= 15 is 0 Å². The van der Waals surface area contributed by atoms with Gasteiger partial charge in [0.05, 0.1) is 6.04 Å². The Balaban J connectivity index is 2.38. The second kappa shape index (κ2) is 5.87. The van der Waals surface area contributed by atoms with Crippen LogP contribution in [0.3, 0.4) is 0 Å². The third kappa shape index (κ3) is 3.06. The first-order valence-corrected chi connectivity index (χ1v) is 7.33. The largest absolute Gasteiger partial charge is 0.298 e. The SMILES string of the molecule is CC(=O)C(c1cc(C)c(C)cc1C)N1CCCCC1. The van der Waals surface area contributed by atoms with Gasteiger partial charge in [0.15, 0.2) is 5.78 Å². The van der Waals surface area contributed by atoms with Crippen molar-refractivity contribution in [3.05, 3.63) is 34.4 Å². The summed E-state index contributed by atoms with van der Waals surface area (Å²) in [5, 5.41) is 0. The number of hydrogen-bond donors (Lipinski definition) is 0. The normalized spacial score (nSPS) is 18.3. The zero-order valence-corrected chi connectivity index (χ0v) is 12.6. The molecule has 1 saturated heterocycles. The molecule has 1 unspecified atom stereocenters. The minimum Gasteiger partial charge on any atom is -0.298 e. The number of likely N-dealkylation sites (tertiary alicyclic amines) is 1. The van der Waals surface area contributed by atoms with Crippen molar-refractivity contribution in [1.29, 1.82) is 0 Å². The molecule has 1 fully saturated rings. The third-order valence-corrected chi connectivity index (χ3v) is 4.32. The van der Waals surface area contributed by atoms with Gasteiger partial charge in [-0.15, -0.1) is 0 Å². The van der Waals surface area contributed by atoms with Gasteiger partial charge in [-0.3, -0.25) is 9.69 Å². The van der Waals surface area contributed by atoms with Crippen LogP contribution >= 0.6 is 0 Å². The standard InChI is InChI=1S/C17H25NO/c1-12-10-14(3)16(11-13(12)2)17(15(4)19)18-8-6-5-7-9-18/h10-11,17H,5-9H2,1-4H3. The topological polar surface area (TPSA) is 20.3 Å². The predicted octanol–water partition coefficient (Wildman–Crippen LogP) is 3.73. The van der Waals surface area contributed by atoms with E-state index in [2.05, 4.69) is 37.8 Å². The average Bonchev–Trinajstić information content (AvgIpc) is 2.37. The number of piperidine rings is 1. The Hall–Kier alpha value is -1.15. The van der Waals surface area contributed by atoms with E-state index in [0.717, 1.165) is 13.1 Å². The van der Waals surface area contributed by atoms with Gasteiger partial charge >= 0.3 is 0 Å². The van der Waals surface area contributed by atoms with Gasteiger partial charge < -0.3 is 0 Å². The highest BCUT2D eigenvalue weighted by Crippen LogP contribution is 2.29. The van der Waals surface area contributed by atoms with Gasteiger partial charge in [0.25, 0.3) is 0 Å². The Kier molecular flexibility index (Phi) is 4.41. The Morgan fingerprint density at radius 1 is 1.00 bits per heavy atom. The van der Waals surface area contributed by atoms with Crippen molar-refractivity contribution in [1.82, 2.24) is 4.90 Å². The molecule has 0 saturated carbocycles. The zero-order chi connectivity index (χ0) is 14.0. The van der Waals surface area contributed by atoms with E-state index in [-0.39, 0.29) is 11.8 Å². The molecule has 1 aromatic carbocycles. The van der Waals surface area contributed by atoms with Crippen molar-refractivity contribution in [3.63, 3.8) is 0 Å². The van der Waals surface area contributed by atoms with Crippen molar-refractivity contribution in [3.8, 4) is 0 Å². The number of carbonyl (C=O) groups excluding carboxylic acids is 1. The molecular weight excluding hydrogens is 234 g/mol. The van der Waals surface area contributed by atoms with E-state index in [1.54, 1.807) is 6.92 Å². The van der Waals surface area contributed by atoms with Crippen LogP contribution in [0.5, 0.6) is 0 Å². The number of ketones is 1. The molecule has 1 aromatic rings. The van der Waals surface area contributed by atoms with Gasteiger partial charge in [-0.1, -0.05) is 18.6 Å². The maximum atomic E-state index is 12.2. The van der Waals surface area contributed by atoms with E-state index in [9.17, 15) is 4.79 Å². The van der Waals surface area contributed by atoms with Gasteiger partial charge in [0.2, 0.25) is 0 Å². The van der Waals surface area contributed by atoms with Crippen LogP contribution in [0.2, 0.25) is 0 Å². The molecule has 0 amide bonds. The number of nitrogens with zero attached hydrogens (tertiary/aromatic N) is 1. The zero-order valence-electron chi connectivity index (χ0n) is 12.6. The quantitative estimate of drug-likeness (QED) is 0.824. The van der Waals surface area contributed by atoms with E-state index < -0.39 is 0 Å². The first-order chi connectivity index (χ1) is 9.00. The van der Waals surface area contributed by atoms with Crippen molar-refractivity contribution in [2.75, 3.05) is 13.1 Å². The molecule has 0 N–H and O–H groups in total. The third-order valence-electron chi connectivity index (χ3n) is 4.32. The summed E-state index contributed by atoms with van der Waals surface area (Å²) in [5.41, 5.74) is 5.04. The highest BCUT2D eigenvalue weighted by molar-refractivity contribution is 5.83. The van der Waals surface area contributed by atoms with Crippen LogP contribution in [-0.4, -0.2) is 23.8 Å². The Bertz CT molecular complexity index is 472. The molecule has 0 radical (unpaired) electrons. The van der Waals surface area contributed by atoms with Crippen LogP contribution in [-0.2, 0) is 4.79 Å². The van der Waals surface area contributed by atoms with Gasteiger partial charge in [-0.05, 0) is 75.9 Å². The molecule has 0 aliphatic carbocycles. The summed E-state index contributed by atoms with van der Waals surface area (Å²) in [6, 6.07) is 4.38. The van der Waals surface area contributed by atoms with Crippen LogP contribution in [0.4, 0.5) is 0 Å². The Morgan fingerprint density at radius 2 is 1.58 bits per heavy atom. The molecule has 2 rings (SSSR count). The van der Waals surface area contributed by atoms with Crippen LogP contribution in [0.25, 0.3) is 0 Å². The van der Waals surface area contributed by atoms with Crippen LogP contribution < -0.4 is 0 Å². The van der Waals surface area contributed by atoms with E-state index in [0.29, 0.717) is 0 Å². The second-order valence-electron chi connectivity index (χ2n) is 5.90. The van der Waals surface area contributed by atoms with Crippen LogP contribution in [0.15, 0.2) is 12.1 Å². The Morgan fingerprint density at radius 3 is 2.16 bits per heavy atom. The molecule has 0 bridgehead atoms. The van der Waals surface area contributed by atoms with Crippen molar-refractivity contribution in [2.24, 2.45) is 0 Å². The molecule has 1 aliphatic heterocycles. The maximum Gasteiger partial charge on any atom is 0.151 e. The predicted molar refractivity (Wildman–Crippen MR) is 79.5 cm³/mol. The lowest BCUT2D eigenvalue weighted by Gasteiger charge is -2.34. The van der Waals surface area contributed by atoms with Crippen molar-refractivity contribution < 1.29 is 4.79 Å². The number of Topliss-reactive ketones (excluding diaryl/α,β-unsaturated/α-hetero) is 1. The summed E-state index contributed by atoms with van der Waals surface area (Å²) in [7, 11) is 0. The summed E-state index contributed by atoms with van der Waals surface area (Å²) in [6.07, 6.45) is 3.73. The molecule has 1 atom stereocenters. The maximum absolute atomic E-state index is 12.2. The van der Waals surface area contributed by atoms with Gasteiger partial charge in [0, 0.05) is 0 Å². The first kappa shape index (κ1) is 14.3. The highest BCUT2D eigenvalue weighted by Gasteiger charge is 2.27. The fourth-order valence-electron chi connectivity index (χ4n) is 3.13. The average molecular weight is 259 g/mol. The van der Waals surface area contributed by atoms with E-state index in [1.165, 1.54) is 41.5 Å². The summed E-state index contributed by atoms with van der Waals surface area (Å²) in [5.74, 6) is 0.272. The molecule has 19 heavy (non-hydrogen) atoms. The molecule has 2 nitrogen and oxygen atoms in total. The smallest absolute Gasteiger partial charge is 0.151 e. The molecule has 104 valence electrons. The van der Waals surface area contributed by atoms with Crippen molar-refractivity contribution in [2.45, 2.75) is 53.0 Å². The van der Waals surface area contributed by atoms with Crippen LogP contribution in [0, 0.1) is 20.8 Å². The molecule has 0 aromatic heterocycles. The molecular formula is C17H25NO. The molecule has 1 heterocycles. The number of hydrogen-bond acceptors (Lipinski definition) is 2. The van der Waals surface area contributed by atoms with Crippen molar-refractivity contribution >= 4 is 5.78 Å². The molecule has 2 heteroatoms. The van der Waals surface area contributed by atoms with Crippen LogP contribution in [0.1, 0.15) is 54.5 Å². The minimum atomic E-state index is -0.0420. The number of rotatable bonds is 3. The minimum absolute atomic E-state index is 0.0420. The molecule has 0 spiro atoms. The lowest BCUT2D eigenvalue weighted by atomic mass is 9.92. The number of carbonyl (C=O) groups is 1. The van der Waals surface area contributed by atoms with E-state index in [4.69, 9.17) is 0 Å². The summed E-state index contributed by atoms with van der Waals surface area (Å²) in [4.78, 5) is 14.5. The number of aryl methyl sites for hydroxylation is 3. The fraction of sp³-hybridized carbons (Fsp3) is 0.588. The second-order valence-corrected chi connectivity index (χ2v) is 5.90. The lowest BCUT2D eigenvalue weighted by molar-refractivity contribution is -0.122. The van der Waals surface area contributed by atoms with E-state index in [1.807, 2.05) is 0 Å².